The van der Waals surface area contributed by atoms with E-state index in [1.54, 1.807) is 0 Å². The normalized spacial score (nSPS) is 26.9. The maximum atomic E-state index is 12.2. The SMILES string of the molecule is CCCCN1C(=O)CC[C@H]2CN(Cc3cccs3)CC[C@H]21. The Balaban J connectivity index is 1.60. The second-order valence-corrected chi connectivity index (χ2v) is 7.44. The molecular formula is C17H26N2OS. The summed E-state index contributed by atoms with van der Waals surface area (Å²) in [5, 5.41) is 2.16. The van der Waals surface area contributed by atoms with E-state index >= 15 is 0 Å². The van der Waals surface area contributed by atoms with Gasteiger partial charge in [0.15, 0.2) is 0 Å². The zero-order valence-corrected chi connectivity index (χ0v) is 13.8. The van der Waals surface area contributed by atoms with Gasteiger partial charge in [0, 0.05) is 43.5 Å². The van der Waals surface area contributed by atoms with E-state index in [4.69, 9.17) is 0 Å². The molecule has 0 unspecified atom stereocenters. The van der Waals surface area contributed by atoms with Crippen LogP contribution in [-0.4, -0.2) is 41.4 Å². The second kappa shape index (κ2) is 6.93. The van der Waals surface area contributed by atoms with Gasteiger partial charge in [-0.2, -0.15) is 0 Å². The Morgan fingerprint density at radius 2 is 2.29 bits per heavy atom. The van der Waals surface area contributed by atoms with Crippen molar-refractivity contribution in [2.45, 2.75) is 51.6 Å². The van der Waals surface area contributed by atoms with Gasteiger partial charge >= 0.3 is 0 Å². The molecule has 0 N–H and O–H groups in total. The standard InChI is InChI=1S/C17H26N2OS/c1-2-3-9-19-16-8-10-18(13-15-5-4-11-21-15)12-14(16)6-7-17(19)20/h4-5,11,14,16H,2-3,6-10,12-13H2,1H3/t14-,16+/m0/s1. The molecule has 0 radical (unpaired) electrons. The van der Waals surface area contributed by atoms with Crippen molar-refractivity contribution in [2.75, 3.05) is 19.6 Å². The number of unbranched alkanes of at least 4 members (excludes halogenated alkanes) is 1. The molecule has 2 saturated heterocycles. The van der Waals surface area contributed by atoms with E-state index in [9.17, 15) is 4.79 Å². The van der Waals surface area contributed by atoms with E-state index in [-0.39, 0.29) is 0 Å². The summed E-state index contributed by atoms with van der Waals surface area (Å²) >= 11 is 1.85. The Morgan fingerprint density at radius 3 is 3.05 bits per heavy atom. The van der Waals surface area contributed by atoms with Crippen LogP contribution in [0.25, 0.3) is 0 Å². The molecule has 0 bridgehead atoms. The number of nitrogens with zero attached hydrogens (tertiary/aromatic N) is 2. The molecule has 1 aromatic heterocycles. The van der Waals surface area contributed by atoms with Gasteiger partial charge in [0.2, 0.25) is 5.91 Å². The van der Waals surface area contributed by atoms with Crippen LogP contribution >= 0.6 is 11.3 Å². The van der Waals surface area contributed by atoms with Crippen LogP contribution in [0.1, 0.15) is 43.9 Å². The van der Waals surface area contributed by atoms with Crippen LogP contribution in [0.5, 0.6) is 0 Å². The van der Waals surface area contributed by atoms with Gasteiger partial charge in [0.05, 0.1) is 0 Å². The number of fused-ring (bicyclic) bond motifs is 1. The molecule has 21 heavy (non-hydrogen) atoms. The summed E-state index contributed by atoms with van der Waals surface area (Å²) < 4.78 is 0. The molecule has 2 aliphatic heterocycles. The smallest absolute Gasteiger partial charge is 0.222 e. The summed E-state index contributed by atoms with van der Waals surface area (Å²) in [6.07, 6.45) is 5.33. The lowest BCUT2D eigenvalue weighted by molar-refractivity contribution is -0.141. The number of carbonyl (C=O) groups is 1. The molecule has 2 fully saturated rings. The second-order valence-electron chi connectivity index (χ2n) is 6.41. The molecule has 0 aromatic carbocycles. The summed E-state index contributed by atoms with van der Waals surface area (Å²) in [6, 6.07) is 4.88. The van der Waals surface area contributed by atoms with Crippen molar-refractivity contribution in [3.63, 3.8) is 0 Å². The van der Waals surface area contributed by atoms with Gasteiger partial charge in [-0.25, -0.2) is 0 Å². The van der Waals surface area contributed by atoms with E-state index < -0.39 is 0 Å². The fourth-order valence-electron chi connectivity index (χ4n) is 3.81. The van der Waals surface area contributed by atoms with Crippen LogP contribution in [0.3, 0.4) is 0 Å². The average molecular weight is 306 g/mol. The Labute approximate surface area is 131 Å². The minimum absolute atomic E-state index is 0.399. The highest BCUT2D eigenvalue weighted by atomic mass is 32.1. The van der Waals surface area contributed by atoms with E-state index in [1.807, 2.05) is 11.3 Å². The Hall–Kier alpha value is -0.870. The summed E-state index contributed by atoms with van der Waals surface area (Å²) in [5.41, 5.74) is 0. The molecule has 0 spiro atoms. The van der Waals surface area contributed by atoms with E-state index in [2.05, 4.69) is 34.2 Å². The summed E-state index contributed by atoms with van der Waals surface area (Å²) in [4.78, 5) is 18.5. The number of carbonyl (C=O) groups excluding carboxylic acids is 1. The first kappa shape index (κ1) is 15.0. The number of amides is 1. The predicted molar refractivity (Wildman–Crippen MR) is 87.3 cm³/mol. The fourth-order valence-corrected chi connectivity index (χ4v) is 4.56. The highest BCUT2D eigenvalue weighted by molar-refractivity contribution is 7.09. The molecule has 1 aromatic rings. The molecule has 0 aliphatic carbocycles. The van der Waals surface area contributed by atoms with Gasteiger partial charge in [0.1, 0.15) is 0 Å². The molecule has 2 aliphatic rings. The number of hydrogen-bond donors (Lipinski definition) is 0. The number of rotatable bonds is 5. The van der Waals surface area contributed by atoms with Crippen molar-refractivity contribution >= 4 is 17.2 Å². The van der Waals surface area contributed by atoms with Gasteiger partial charge < -0.3 is 4.90 Å². The van der Waals surface area contributed by atoms with Gasteiger partial charge in [-0.3, -0.25) is 9.69 Å². The van der Waals surface area contributed by atoms with Crippen LogP contribution in [0.4, 0.5) is 0 Å². The third kappa shape index (κ3) is 3.49. The summed E-state index contributed by atoms with van der Waals surface area (Å²) in [6.45, 7) is 6.56. The molecule has 3 heterocycles. The average Bonchev–Trinajstić information content (AvgIpc) is 2.99. The molecule has 2 atom stereocenters. The van der Waals surface area contributed by atoms with Crippen molar-refractivity contribution in [1.29, 1.82) is 0 Å². The number of piperidine rings is 2. The van der Waals surface area contributed by atoms with E-state index in [0.717, 1.165) is 45.3 Å². The largest absolute Gasteiger partial charge is 0.339 e. The van der Waals surface area contributed by atoms with Gasteiger partial charge in [0.25, 0.3) is 0 Å². The lowest BCUT2D eigenvalue weighted by Gasteiger charge is -2.47. The summed E-state index contributed by atoms with van der Waals surface area (Å²) in [5.74, 6) is 1.09. The first-order valence-electron chi connectivity index (χ1n) is 8.32. The monoisotopic (exact) mass is 306 g/mol. The first-order valence-corrected chi connectivity index (χ1v) is 9.20. The maximum Gasteiger partial charge on any atom is 0.222 e. The molecule has 3 rings (SSSR count). The third-order valence-electron chi connectivity index (χ3n) is 4.94. The summed E-state index contributed by atoms with van der Waals surface area (Å²) in [7, 11) is 0. The highest BCUT2D eigenvalue weighted by Crippen LogP contribution is 2.32. The number of likely N-dealkylation sites (tertiary alicyclic amines) is 2. The van der Waals surface area contributed by atoms with Crippen molar-refractivity contribution in [2.24, 2.45) is 5.92 Å². The Bertz CT molecular complexity index is 459. The predicted octanol–water partition coefficient (Wildman–Crippen LogP) is 3.36. The van der Waals surface area contributed by atoms with Crippen LogP contribution in [0, 0.1) is 5.92 Å². The van der Waals surface area contributed by atoms with Gasteiger partial charge in [-0.1, -0.05) is 19.4 Å². The molecule has 116 valence electrons. The van der Waals surface area contributed by atoms with Crippen LogP contribution in [0.2, 0.25) is 0 Å². The van der Waals surface area contributed by atoms with Crippen molar-refractivity contribution in [3.05, 3.63) is 22.4 Å². The van der Waals surface area contributed by atoms with Crippen molar-refractivity contribution < 1.29 is 4.79 Å². The highest BCUT2D eigenvalue weighted by Gasteiger charge is 2.38. The van der Waals surface area contributed by atoms with Gasteiger partial charge in [-0.05, 0) is 36.6 Å². The number of thiophene rings is 1. The molecule has 3 nitrogen and oxygen atoms in total. The third-order valence-corrected chi connectivity index (χ3v) is 5.80. The fraction of sp³-hybridized carbons (Fsp3) is 0.706. The zero-order chi connectivity index (χ0) is 14.7. The molecule has 0 saturated carbocycles. The quantitative estimate of drug-likeness (QED) is 0.833. The van der Waals surface area contributed by atoms with Crippen molar-refractivity contribution in [3.8, 4) is 0 Å². The van der Waals surface area contributed by atoms with E-state index in [0.29, 0.717) is 17.9 Å². The first-order chi connectivity index (χ1) is 10.3. The minimum Gasteiger partial charge on any atom is -0.339 e. The van der Waals surface area contributed by atoms with Gasteiger partial charge in [-0.15, -0.1) is 11.3 Å². The lowest BCUT2D eigenvalue weighted by atomic mass is 9.83. The maximum absolute atomic E-state index is 12.2. The number of hydrogen-bond acceptors (Lipinski definition) is 3. The lowest BCUT2D eigenvalue weighted by Crippen LogP contribution is -2.55. The minimum atomic E-state index is 0.399. The van der Waals surface area contributed by atoms with Crippen LogP contribution in [-0.2, 0) is 11.3 Å². The molecule has 1 amide bonds. The Morgan fingerprint density at radius 1 is 1.38 bits per heavy atom. The Kier molecular flexibility index (Phi) is 4.96. The van der Waals surface area contributed by atoms with Crippen LogP contribution in [0.15, 0.2) is 17.5 Å². The molecular weight excluding hydrogens is 280 g/mol. The van der Waals surface area contributed by atoms with Crippen molar-refractivity contribution in [1.82, 2.24) is 9.80 Å². The van der Waals surface area contributed by atoms with Crippen LogP contribution < -0.4 is 0 Å². The molecule has 4 heteroatoms. The topological polar surface area (TPSA) is 23.6 Å². The van der Waals surface area contributed by atoms with E-state index in [1.165, 1.54) is 17.8 Å². The zero-order valence-electron chi connectivity index (χ0n) is 13.0.